The van der Waals surface area contributed by atoms with Gasteiger partial charge in [0.15, 0.2) is 0 Å². The van der Waals surface area contributed by atoms with Crippen molar-refractivity contribution >= 4 is 0 Å². The molecule has 18 heavy (non-hydrogen) atoms. The van der Waals surface area contributed by atoms with Crippen LogP contribution in [0.2, 0.25) is 0 Å². The second-order valence-corrected chi connectivity index (χ2v) is 5.70. The highest BCUT2D eigenvalue weighted by molar-refractivity contribution is 4.61. The van der Waals surface area contributed by atoms with Crippen molar-refractivity contribution in [2.75, 3.05) is 19.7 Å². The fourth-order valence-electron chi connectivity index (χ4n) is 1.81. The number of ether oxygens (including phenoxy) is 1. The molecule has 0 spiro atoms. The van der Waals surface area contributed by atoms with E-state index in [0.29, 0.717) is 19.1 Å². The maximum Gasteiger partial charge on any atom is 0.0897 e. The molecule has 0 amide bonds. The Bertz CT molecular complexity index is 174. The molecular weight excluding hydrogens is 226 g/mol. The summed E-state index contributed by atoms with van der Waals surface area (Å²) < 4.78 is 5.65. The van der Waals surface area contributed by atoms with Crippen LogP contribution in [-0.2, 0) is 4.74 Å². The van der Waals surface area contributed by atoms with E-state index in [2.05, 4.69) is 33.0 Å². The van der Waals surface area contributed by atoms with E-state index in [1.54, 1.807) is 0 Å². The molecule has 0 saturated carbocycles. The van der Waals surface area contributed by atoms with Gasteiger partial charge in [0, 0.05) is 6.54 Å². The number of hydrogen-bond donors (Lipinski definition) is 2. The van der Waals surface area contributed by atoms with Crippen LogP contribution in [0.15, 0.2) is 0 Å². The molecule has 0 radical (unpaired) electrons. The first-order chi connectivity index (χ1) is 8.56. The first-order valence-corrected chi connectivity index (χ1v) is 7.56. The average molecular weight is 259 g/mol. The monoisotopic (exact) mass is 259 g/mol. The minimum Gasteiger partial charge on any atom is -0.389 e. The van der Waals surface area contributed by atoms with Crippen molar-refractivity contribution in [3.63, 3.8) is 0 Å². The number of aliphatic hydroxyl groups is 1. The van der Waals surface area contributed by atoms with E-state index in [4.69, 9.17) is 4.74 Å². The van der Waals surface area contributed by atoms with Gasteiger partial charge in [0.1, 0.15) is 0 Å². The number of aliphatic hydroxyl groups excluding tert-OH is 1. The lowest BCUT2D eigenvalue weighted by Crippen LogP contribution is -2.33. The molecule has 0 aromatic heterocycles. The van der Waals surface area contributed by atoms with Gasteiger partial charge in [-0.05, 0) is 25.8 Å². The van der Waals surface area contributed by atoms with Gasteiger partial charge in [0.2, 0.25) is 0 Å². The third-order valence-electron chi connectivity index (χ3n) is 2.97. The molecule has 2 N–H and O–H groups in total. The maximum atomic E-state index is 9.73. The normalized spacial score (nSPS) is 15.0. The van der Waals surface area contributed by atoms with Crippen molar-refractivity contribution in [1.29, 1.82) is 0 Å². The second kappa shape index (κ2) is 11.9. The van der Waals surface area contributed by atoms with Crippen molar-refractivity contribution in [2.24, 2.45) is 5.92 Å². The van der Waals surface area contributed by atoms with Crippen molar-refractivity contribution in [3.05, 3.63) is 0 Å². The molecule has 3 heteroatoms. The molecule has 0 aliphatic rings. The van der Waals surface area contributed by atoms with Crippen LogP contribution in [0.3, 0.4) is 0 Å². The highest BCUT2D eigenvalue weighted by atomic mass is 16.5. The summed E-state index contributed by atoms with van der Waals surface area (Å²) in [6.45, 7) is 10.7. The fourth-order valence-corrected chi connectivity index (χ4v) is 1.81. The van der Waals surface area contributed by atoms with Crippen molar-refractivity contribution < 1.29 is 9.84 Å². The van der Waals surface area contributed by atoms with E-state index in [1.165, 1.54) is 25.7 Å². The smallest absolute Gasteiger partial charge is 0.0897 e. The minimum atomic E-state index is -0.387. The van der Waals surface area contributed by atoms with Gasteiger partial charge in [-0.15, -0.1) is 0 Å². The zero-order valence-electron chi connectivity index (χ0n) is 12.7. The van der Waals surface area contributed by atoms with Crippen LogP contribution in [0.5, 0.6) is 0 Å². The summed E-state index contributed by atoms with van der Waals surface area (Å²) in [6.07, 6.45) is 6.10. The Balaban J connectivity index is 3.38. The van der Waals surface area contributed by atoms with Crippen LogP contribution in [-0.4, -0.2) is 37.0 Å². The highest BCUT2D eigenvalue weighted by Crippen LogP contribution is 2.08. The lowest BCUT2D eigenvalue weighted by Gasteiger charge is -2.17. The summed E-state index contributed by atoms with van der Waals surface area (Å²) in [6, 6.07) is 0. The van der Waals surface area contributed by atoms with E-state index < -0.39 is 0 Å². The molecular formula is C15H33NO2. The predicted molar refractivity (Wildman–Crippen MR) is 77.9 cm³/mol. The van der Waals surface area contributed by atoms with E-state index in [-0.39, 0.29) is 12.2 Å². The predicted octanol–water partition coefficient (Wildman–Crippen LogP) is 2.97. The molecule has 2 unspecified atom stereocenters. The van der Waals surface area contributed by atoms with Crippen LogP contribution in [0.4, 0.5) is 0 Å². The lowest BCUT2D eigenvalue weighted by atomic mass is 10.1. The van der Waals surface area contributed by atoms with Crippen molar-refractivity contribution in [1.82, 2.24) is 5.32 Å². The van der Waals surface area contributed by atoms with E-state index in [1.807, 2.05) is 0 Å². The zero-order chi connectivity index (χ0) is 13.8. The molecule has 0 aromatic carbocycles. The Morgan fingerprint density at radius 1 is 1.06 bits per heavy atom. The van der Waals surface area contributed by atoms with Gasteiger partial charge in [-0.3, -0.25) is 0 Å². The third-order valence-corrected chi connectivity index (χ3v) is 2.97. The molecule has 110 valence electrons. The summed E-state index contributed by atoms with van der Waals surface area (Å²) in [7, 11) is 0. The largest absolute Gasteiger partial charge is 0.389 e. The van der Waals surface area contributed by atoms with E-state index >= 15 is 0 Å². The Hall–Kier alpha value is -0.120. The summed E-state index contributed by atoms with van der Waals surface area (Å²) in [5.41, 5.74) is 0. The minimum absolute atomic E-state index is 0.265. The molecule has 0 aromatic rings. The molecule has 3 nitrogen and oxygen atoms in total. The third kappa shape index (κ3) is 12.3. The maximum absolute atomic E-state index is 9.73. The second-order valence-electron chi connectivity index (χ2n) is 5.70. The van der Waals surface area contributed by atoms with Gasteiger partial charge in [-0.2, -0.15) is 0 Å². The quantitative estimate of drug-likeness (QED) is 0.529. The molecule has 0 saturated heterocycles. The Morgan fingerprint density at radius 3 is 2.39 bits per heavy atom. The number of nitrogens with one attached hydrogen (secondary N) is 1. The average Bonchev–Trinajstić information content (AvgIpc) is 2.31. The van der Waals surface area contributed by atoms with Gasteiger partial charge < -0.3 is 15.2 Å². The topological polar surface area (TPSA) is 41.5 Å². The molecule has 0 bridgehead atoms. The summed E-state index contributed by atoms with van der Waals surface area (Å²) in [5.74, 6) is 0.621. The molecule has 0 aliphatic carbocycles. The Labute approximate surface area is 113 Å². The highest BCUT2D eigenvalue weighted by Gasteiger charge is 2.08. The molecule has 0 rings (SSSR count). The van der Waals surface area contributed by atoms with Gasteiger partial charge in [0.25, 0.3) is 0 Å². The van der Waals surface area contributed by atoms with Crippen molar-refractivity contribution in [3.8, 4) is 0 Å². The van der Waals surface area contributed by atoms with E-state index in [0.717, 1.165) is 13.0 Å². The first kappa shape index (κ1) is 17.9. The Morgan fingerprint density at radius 2 is 1.78 bits per heavy atom. The Kier molecular flexibility index (Phi) is 11.9. The number of hydrogen-bond acceptors (Lipinski definition) is 3. The molecule has 0 aliphatic heterocycles. The van der Waals surface area contributed by atoms with Crippen LogP contribution in [0, 0.1) is 5.92 Å². The standard InChI is InChI=1S/C15H33NO2/c1-5-6-7-8-9-14(4)18-12-15(17)11-16-10-13(2)3/h13-17H,5-12H2,1-4H3. The summed E-state index contributed by atoms with van der Waals surface area (Å²) in [4.78, 5) is 0. The summed E-state index contributed by atoms with van der Waals surface area (Å²) >= 11 is 0. The fraction of sp³-hybridized carbons (Fsp3) is 1.00. The summed E-state index contributed by atoms with van der Waals surface area (Å²) in [5, 5.41) is 13.0. The van der Waals surface area contributed by atoms with Gasteiger partial charge in [0.05, 0.1) is 18.8 Å². The lowest BCUT2D eigenvalue weighted by molar-refractivity contribution is -0.00507. The molecule has 0 fully saturated rings. The zero-order valence-corrected chi connectivity index (χ0v) is 12.7. The van der Waals surface area contributed by atoms with Crippen LogP contribution in [0.1, 0.15) is 59.8 Å². The number of rotatable bonds is 12. The van der Waals surface area contributed by atoms with Gasteiger partial charge in [-0.25, -0.2) is 0 Å². The van der Waals surface area contributed by atoms with Crippen LogP contribution < -0.4 is 5.32 Å². The molecule has 0 heterocycles. The molecule has 2 atom stereocenters. The first-order valence-electron chi connectivity index (χ1n) is 7.56. The number of unbranched alkanes of at least 4 members (excludes halogenated alkanes) is 3. The van der Waals surface area contributed by atoms with E-state index in [9.17, 15) is 5.11 Å². The van der Waals surface area contributed by atoms with Gasteiger partial charge in [-0.1, -0.05) is 46.5 Å². The van der Waals surface area contributed by atoms with Crippen LogP contribution >= 0.6 is 0 Å². The SMILES string of the molecule is CCCCCCC(C)OCC(O)CNCC(C)C. The van der Waals surface area contributed by atoms with Crippen molar-refractivity contribution in [2.45, 2.75) is 72.0 Å². The van der Waals surface area contributed by atoms with Crippen LogP contribution in [0.25, 0.3) is 0 Å². The van der Waals surface area contributed by atoms with Gasteiger partial charge >= 0.3 is 0 Å².